The summed E-state index contributed by atoms with van der Waals surface area (Å²) in [4.78, 5) is 37.2. The summed E-state index contributed by atoms with van der Waals surface area (Å²) in [5, 5.41) is 7.96. The molecule has 0 bridgehead atoms. The fourth-order valence-corrected chi connectivity index (χ4v) is 7.27. The highest BCUT2D eigenvalue weighted by Gasteiger charge is 2.36. The fraction of sp³-hybridized carbons (Fsp3) is 0.0333. The Hall–Kier alpha value is -5.84. The lowest BCUT2D eigenvalue weighted by Crippen LogP contribution is -2.25. The van der Waals surface area contributed by atoms with E-state index in [1.807, 2.05) is 0 Å². The van der Waals surface area contributed by atoms with Crippen LogP contribution in [-0.4, -0.2) is 65.4 Å². The molecule has 0 radical (unpaired) electrons. The lowest BCUT2D eigenvalue weighted by molar-refractivity contribution is 0.0980. The Balaban J connectivity index is 1.40. The zero-order chi connectivity index (χ0) is 37.0. The number of anilines is 7. The molecule has 0 atom stereocenters. The molecule has 21 heteroatoms. The molecular weight excluding hydrogens is 731 g/mol. The third-order valence-electron chi connectivity index (χ3n) is 7.42. The number of aryl methyl sites for hydroxylation is 1. The van der Waals surface area contributed by atoms with Gasteiger partial charge in [-0.05, 0) is 43.3 Å². The van der Waals surface area contributed by atoms with Crippen molar-refractivity contribution in [3.05, 3.63) is 101 Å². The number of aromatic nitrogens is 3. The minimum Gasteiger partial charge on any atom is -0.397 e. The number of ketones is 2. The molecule has 0 amide bonds. The van der Waals surface area contributed by atoms with Gasteiger partial charge in [0, 0.05) is 16.8 Å². The molecule has 51 heavy (non-hydrogen) atoms. The average molecular weight is 754 g/mol. The van der Waals surface area contributed by atoms with Crippen LogP contribution in [0.5, 0.6) is 0 Å². The number of hydrogen-bond donors (Lipinski definition) is 7. The van der Waals surface area contributed by atoms with Gasteiger partial charge in [-0.25, -0.2) is 0 Å². The van der Waals surface area contributed by atoms with E-state index in [0.29, 0.717) is 0 Å². The van der Waals surface area contributed by atoms with Crippen molar-refractivity contribution in [3.8, 4) is 0 Å². The molecule has 0 saturated carbocycles. The molecule has 1 heterocycles. The number of hydrogen-bond acceptors (Lipinski definition) is 15. The number of rotatable bonds is 9. The summed E-state index contributed by atoms with van der Waals surface area (Å²) >= 11 is 0. The lowest BCUT2D eigenvalue weighted by atomic mass is 9.82. The van der Waals surface area contributed by atoms with Gasteiger partial charge in [0.2, 0.25) is 11.9 Å². The first-order valence-electron chi connectivity index (χ1n) is 14.2. The van der Waals surface area contributed by atoms with Gasteiger partial charge in [0.15, 0.2) is 11.6 Å². The van der Waals surface area contributed by atoms with Gasteiger partial charge in [0.1, 0.15) is 20.5 Å². The van der Waals surface area contributed by atoms with Crippen molar-refractivity contribution in [1.82, 2.24) is 15.0 Å². The standard InChI is InChI=1S/C30H23N7O11S3/c1-14-32-29(35-18-8-4-5-9-21(18)49(40,41)42)37-30(33-14)36-19-11-10-15(12-22(19)50(43,44)45)34-20-13-23(51(46,47)48)26(31)25-24(20)27(38)16-6-2-3-7-17(16)28(25)39/h2-13,34H,31H2,1H3,(H,40,41,42)(H,43,44,45)(H,46,47,48)(H2,32,33,35,36,37). The number of carbonyl (C=O) groups is 2. The molecule has 1 aliphatic carbocycles. The van der Waals surface area contributed by atoms with Crippen LogP contribution in [0, 0.1) is 6.92 Å². The molecule has 0 fully saturated rings. The monoisotopic (exact) mass is 753 g/mol. The SMILES string of the molecule is Cc1nc(Nc2ccccc2S(=O)(=O)O)nc(Nc2ccc(Nc3cc(S(=O)(=O)O)c(N)c4c3C(=O)c3ccccc3C4=O)cc2S(=O)(=O)O)n1. The Labute approximate surface area is 289 Å². The van der Waals surface area contributed by atoms with E-state index in [1.54, 1.807) is 0 Å². The first kappa shape index (κ1) is 35.0. The Morgan fingerprint density at radius 1 is 0.569 bits per heavy atom. The number of para-hydroxylation sites is 1. The number of carbonyl (C=O) groups excluding carboxylic acids is 2. The summed E-state index contributed by atoms with van der Waals surface area (Å²) in [5.41, 5.74) is 3.56. The maximum atomic E-state index is 13.6. The van der Waals surface area contributed by atoms with Gasteiger partial charge in [-0.1, -0.05) is 36.4 Å². The van der Waals surface area contributed by atoms with Crippen LogP contribution in [0.2, 0.25) is 0 Å². The first-order valence-corrected chi connectivity index (χ1v) is 18.5. The Kier molecular flexibility index (Phi) is 8.57. The third-order valence-corrected chi connectivity index (χ3v) is 10.1. The van der Waals surface area contributed by atoms with Gasteiger partial charge >= 0.3 is 0 Å². The van der Waals surface area contributed by atoms with Gasteiger partial charge in [0.25, 0.3) is 30.4 Å². The Morgan fingerprint density at radius 2 is 1.08 bits per heavy atom. The van der Waals surface area contributed by atoms with E-state index in [-0.39, 0.29) is 57.2 Å². The number of nitrogens with two attached hydrogens (primary N) is 1. The van der Waals surface area contributed by atoms with Crippen molar-refractivity contribution in [2.75, 3.05) is 21.7 Å². The lowest BCUT2D eigenvalue weighted by Gasteiger charge is -2.24. The molecule has 0 spiro atoms. The van der Waals surface area contributed by atoms with Crippen LogP contribution in [0.4, 0.5) is 40.3 Å². The summed E-state index contributed by atoms with van der Waals surface area (Å²) < 4.78 is 103. The number of fused-ring (bicyclic) bond motifs is 2. The summed E-state index contributed by atoms with van der Waals surface area (Å²) in [6.07, 6.45) is 0. The first-order chi connectivity index (χ1) is 23.8. The minimum absolute atomic E-state index is 0.0156. The highest BCUT2D eigenvalue weighted by Crippen LogP contribution is 2.40. The van der Waals surface area contributed by atoms with Crippen LogP contribution in [0.1, 0.15) is 37.7 Å². The van der Waals surface area contributed by atoms with E-state index in [2.05, 4.69) is 30.9 Å². The van der Waals surface area contributed by atoms with E-state index in [9.17, 15) is 48.5 Å². The predicted octanol–water partition coefficient (Wildman–Crippen LogP) is 3.51. The zero-order valence-corrected chi connectivity index (χ0v) is 28.1. The largest absolute Gasteiger partial charge is 0.397 e. The van der Waals surface area contributed by atoms with E-state index in [4.69, 9.17) is 5.73 Å². The molecular formula is C30H23N7O11S3. The quantitative estimate of drug-likeness (QED) is 0.0820. The molecule has 0 unspecified atom stereocenters. The van der Waals surface area contributed by atoms with Crippen molar-refractivity contribution in [3.63, 3.8) is 0 Å². The molecule has 6 rings (SSSR count). The second-order valence-corrected chi connectivity index (χ2v) is 15.0. The van der Waals surface area contributed by atoms with Gasteiger partial charge in [0.05, 0.1) is 33.9 Å². The number of nitrogen functional groups attached to an aromatic ring is 1. The van der Waals surface area contributed by atoms with Crippen LogP contribution >= 0.6 is 0 Å². The van der Waals surface area contributed by atoms with Gasteiger partial charge in [-0.2, -0.15) is 40.2 Å². The summed E-state index contributed by atoms with van der Waals surface area (Å²) in [7, 11) is -14.7. The topological polar surface area (TPSA) is 298 Å². The van der Waals surface area contributed by atoms with Crippen molar-refractivity contribution in [1.29, 1.82) is 0 Å². The normalized spacial score (nSPS) is 12.9. The van der Waals surface area contributed by atoms with Crippen molar-refractivity contribution in [2.45, 2.75) is 21.6 Å². The second-order valence-electron chi connectivity index (χ2n) is 10.8. The molecule has 5 aromatic rings. The highest BCUT2D eigenvalue weighted by molar-refractivity contribution is 7.86. The zero-order valence-electron chi connectivity index (χ0n) is 25.7. The maximum Gasteiger partial charge on any atom is 0.296 e. The second kappa shape index (κ2) is 12.5. The molecule has 8 N–H and O–H groups in total. The average Bonchev–Trinajstić information content (AvgIpc) is 3.03. The summed E-state index contributed by atoms with van der Waals surface area (Å²) in [5.74, 6) is -1.93. The van der Waals surface area contributed by atoms with Crippen molar-refractivity contribution in [2.24, 2.45) is 0 Å². The van der Waals surface area contributed by atoms with Crippen LogP contribution in [0.3, 0.4) is 0 Å². The van der Waals surface area contributed by atoms with Crippen molar-refractivity contribution >= 4 is 82.3 Å². The molecule has 18 nitrogen and oxygen atoms in total. The summed E-state index contributed by atoms with van der Waals surface area (Å²) in [6.45, 7) is 1.45. The minimum atomic E-state index is -5.05. The van der Waals surface area contributed by atoms with Gasteiger partial charge in [-0.15, -0.1) is 0 Å². The van der Waals surface area contributed by atoms with E-state index < -0.39 is 67.9 Å². The molecule has 0 aliphatic heterocycles. The number of nitrogens with zero attached hydrogens (tertiary/aromatic N) is 3. The van der Waals surface area contributed by atoms with E-state index >= 15 is 0 Å². The smallest absolute Gasteiger partial charge is 0.296 e. The Morgan fingerprint density at radius 3 is 1.65 bits per heavy atom. The third kappa shape index (κ3) is 6.84. The number of benzene rings is 4. The molecule has 1 aromatic heterocycles. The van der Waals surface area contributed by atoms with Gasteiger partial charge < -0.3 is 21.7 Å². The maximum absolute atomic E-state index is 13.6. The fourth-order valence-electron chi connectivity index (χ4n) is 5.31. The number of nitrogens with one attached hydrogen (secondary N) is 3. The molecule has 1 aliphatic rings. The highest BCUT2D eigenvalue weighted by atomic mass is 32.2. The van der Waals surface area contributed by atoms with E-state index in [0.717, 1.165) is 24.3 Å². The van der Waals surface area contributed by atoms with Crippen LogP contribution in [0.25, 0.3) is 0 Å². The molecule has 4 aromatic carbocycles. The van der Waals surface area contributed by atoms with E-state index in [1.165, 1.54) is 55.5 Å². The molecule has 262 valence electrons. The van der Waals surface area contributed by atoms with Crippen LogP contribution in [-0.2, 0) is 30.4 Å². The van der Waals surface area contributed by atoms with Crippen molar-refractivity contribution < 1.29 is 48.5 Å². The Bertz CT molecular complexity index is 2670. The predicted molar refractivity (Wildman–Crippen MR) is 181 cm³/mol. The van der Waals surface area contributed by atoms with Crippen LogP contribution in [0.15, 0.2) is 87.5 Å². The molecule has 0 saturated heterocycles. The van der Waals surface area contributed by atoms with Crippen LogP contribution < -0.4 is 21.7 Å². The summed E-state index contributed by atoms with van der Waals surface area (Å²) in [6, 6.07) is 15.2. The van der Waals surface area contributed by atoms with Gasteiger partial charge in [-0.3, -0.25) is 23.2 Å².